The van der Waals surface area contributed by atoms with Crippen LogP contribution in [-0.4, -0.2) is 28.6 Å². The number of hydrogen-bond acceptors (Lipinski definition) is 6. The largest absolute Gasteiger partial charge is 0.506 e. The molecule has 2 rings (SSSR count). The minimum Gasteiger partial charge on any atom is -0.506 e. The third kappa shape index (κ3) is 3.92. The summed E-state index contributed by atoms with van der Waals surface area (Å²) in [4.78, 5) is 27.9. The third-order valence-corrected chi connectivity index (χ3v) is 3.95. The molecule has 0 saturated heterocycles. The molecule has 1 amide bonds. The van der Waals surface area contributed by atoms with Crippen molar-refractivity contribution in [2.45, 2.75) is 27.2 Å². The van der Waals surface area contributed by atoms with Crippen molar-refractivity contribution in [2.24, 2.45) is 4.99 Å². The molecule has 0 fully saturated rings. The molecule has 1 aliphatic heterocycles. The van der Waals surface area contributed by atoms with E-state index in [1.54, 1.807) is 39.0 Å². The molecule has 0 saturated carbocycles. The summed E-state index contributed by atoms with van der Waals surface area (Å²) in [5.41, 5.74) is -0.0896. The monoisotopic (exact) mass is 335 g/mol. The summed E-state index contributed by atoms with van der Waals surface area (Å²) < 4.78 is 10.4. The van der Waals surface area contributed by atoms with Gasteiger partial charge in [-0.25, -0.2) is 9.79 Å². The Balaban J connectivity index is 2.44. The molecule has 2 heterocycles. The van der Waals surface area contributed by atoms with Crippen molar-refractivity contribution >= 4 is 34.8 Å². The van der Waals surface area contributed by atoms with Gasteiger partial charge in [-0.1, -0.05) is 18.7 Å². The van der Waals surface area contributed by atoms with Gasteiger partial charge in [-0.15, -0.1) is 0 Å². The van der Waals surface area contributed by atoms with E-state index >= 15 is 0 Å². The van der Waals surface area contributed by atoms with E-state index < -0.39 is 5.97 Å². The molecular weight excluding hydrogens is 318 g/mol. The highest BCUT2D eigenvalue weighted by Crippen LogP contribution is 2.39. The number of thioether (sulfide) groups is 1. The number of hydrogen-bond donors (Lipinski definition) is 1. The zero-order chi connectivity index (χ0) is 17.0. The lowest BCUT2D eigenvalue weighted by molar-refractivity contribution is -0.138. The fraction of sp³-hybridized carbons (Fsp3) is 0.312. The van der Waals surface area contributed by atoms with Crippen LogP contribution < -0.4 is 0 Å². The molecular formula is C16H17NO5S. The van der Waals surface area contributed by atoms with Crippen LogP contribution >= 0.6 is 11.8 Å². The van der Waals surface area contributed by atoms with Gasteiger partial charge in [0, 0.05) is 6.42 Å². The van der Waals surface area contributed by atoms with E-state index in [0.717, 1.165) is 17.5 Å². The van der Waals surface area contributed by atoms with Crippen molar-refractivity contribution in [1.82, 2.24) is 0 Å². The number of rotatable bonds is 4. The third-order valence-electron chi connectivity index (χ3n) is 2.93. The molecule has 0 atom stereocenters. The van der Waals surface area contributed by atoms with E-state index in [2.05, 4.69) is 4.99 Å². The fourth-order valence-electron chi connectivity index (χ4n) is 1.84. The molecule has 6 nitrogen and oxygen atoms in total. The van der Waals surface area contributed by atoms with Crippen LogP contribution in [0.25, 0.3) is 6.08 Å². The summed E-state index contributed by atoms with van der Waals surface area (Å²) >= 11 is 1.03. The van der Waals surface area contributed by atoms with Gasteiger partial charge in [0.25, 0.3) is 0 Å². The summed E-state index contributed by atoms with van der Waals surface area (Å²) in [7, 11) is 0. The van der Waals surface area contributed by atoms with Gasteiger partial charge >= 0.3 is 5.97 Å². The Morgan fingerprint density at radius 1 is 1.39 bits per heavy atom. The summed E-state index contributed by atoms with van der Waals surface area (Å²) in [6.45, 7) is 5.29. The molecule has 0 aliphatic carbocycles. The maximum atomic E-state index is 12.0. The molecule has 1 N–H and O–H groups in total. The minimum atomic E-state index is -0.709. The molecule has 122 valence electrons. The smallest absolute Gasteiger partial charge is 0.344 e. The van der Waals surface area contributed by atoms with Crippen LogP contribution in [0.1, 0.15) is 31.8 Å². The highest BCUT2D eigenvalue weighted by molar-refractivity contribution is 8.18. The van der Waals surface area contributed by atoms with Crippen molar-refractivity contribution < 1.29 is 23.8 Å². The SMILES string of the molecule is CCOC(=O)C1=C(O)/C(=C/c2ccc(C)o2)SC1=NC(=O)CC. The average molecular weight is 335 g/mol. The molecule has 0 spiro atoms. The second kappa shape index (κ2) is 7.32. The molecule has 0 bridgehead atoms. The molecule has 1 aliphatic rings. The number of aliphatic hydroxyl groups excluding tert-OH is 1. The van der Waals surface area contributed by atoms with Gasteiger partial charge in [-0.2, -0.15) is 0 Å². The van der Waals surface area contributed by atoms with Crippen molar-refractivity contribution in [3.63, 3.8) is 0 Å². The number of furan rings is 1. The maximum Gasteiger partial charge on any atom is 0.344 e. The molecule has 7 heteroatoms. The van der Waals surface area contributed by atoms with Crippen LogP contribution in [0.15, 0.2) is 37.8 Å². The van der Waals surface area contributed by atoms with E-state index in [1.807, 2.05) is 0 Å². The van der Waals surface area contributed by atoms with Gasteiger partial charge in [-0.3, -0.25) is 4.79 Å². The fourth-order valence-corrected chi connectivity index (χ4v) is 2.86. The van der Waals surface area contributed by atoms with Gasteiger partial charge in [0.05, 0.1) is 11.5 Å². The second-order valence-electron chi connectivity index (χ2n) is 4.67. The topological polar surface area (TPSA) is 89.1 Å². The Kier molecular flexibility index (Phi) is 5.44. The van der Waals surface area contributed by atoms with E-state index in [1.165, 1.54) is 0 Å². The van der Waals surface area contributed by atoms with E-state index in [-0.39, 0.29) is 35.3 Å². The molecule has 0 unspecified atom stereocenters. The number of aliphatic hydroxyl groups is 1. The van der Waals surface area contributed by atoms with E-state index in [4.69, 9.17) is 9.15 Å². The number of carbonyl (C=O) groups is 2. The highest BCUT2D eigenvalue weighted by Gasteiger charge is 2.33. The summed E-state index contributed by atoms with van der Waals surface area (Å²) in [5.74, 6) is -0.0895. The predicted molar refractivity (Wildman–Crippen MR) is 88.0 cm³/mol. The molecule has 0 radical (unpaired) electrons. The quantitative estimate of drug-likeness (QED) is 0.848. The van der Waals surface area contributed by atoms with E-state index in [0.29, 0.717) is 10.7 Å². The zero-order valence-corrected chi connectivity index (χ0v) is 13.9. The van der Waals surface area contributed by atoms with Crippen LogP contribution in [0, 0.1) is 6.92 Å². The first-order valence-electron chi connectivity index (χ1n) is 7.14. The number of nitrogens with zero attached hydrogens (tertiary/aromatic N) is 1. The number of amides is 1. The lowest BCUT2D eigenvalue weighted by Crippen LogP contribution is -2.14. The van der Waals surface area contributed by atoms with Crippen molar-refractivity contribution in [3.8, 4) is 0 Å². The molecule has 1 aromatic heterocycles. The van der Waals surface area contributed by atoms with Gasteiger partial charge < -0.3 is 14.3 Å². The van der Waals surface area contributed by atoms with Crippen LogP contribution in [0.2, 0.25) is 0 Å². The molecule has 0 aromatic carbocycles. The van der Waals surface area contributed by atoms with Crippen molar-refractivity contribution in [1.29, 1.82) is 0 Å². The zero-order valence-electron chi connectivity index (χ0n) is 13.1. The van der Waals surface area contributed by atoms with E-state index in [9.17, 15) is 14.7 Å². The maximum absolute atomic E-state index is 12.0. The molecule has 23 heavy (non-hydrogen) atoms. The Bertz CT molecular complexity index is 727. The van der Waals surface area contributed by atoms with Crippen LogP contribution in [0.4, 0.5) is 0 Å². The summed E-state index contributed by atoms with van der Waals surface area (Å²) in [6, 6.07) is 3.53. The average Bonchev–Trinajstić information content (AvgIpc) is 3.04. The van der Waals surface area contributed by atoms with Crippen LogP contribution in [-0.2, 0) is 14.3 Å². The summed E-state index contributed by atoms with van der Waals surface area (Å²) in [5, 5.41) is 10.5. The second-order valence-corrected chi connectivity index (χ2v) is 5.70. The lowest BCUT2D eigenvalue weighted by Gasteiger charge is -2.02. The first-order valence-corrected chi connectivity index (χ1v) is 7.96. The van der Waals surface area contributed by atoms with Gasteiger partial charge in [0.15, 0.2) is 0 Å². The lowest BCUT2D eigenvalue weighted by atomic mass is 10.2. The highest BCUT2D eigenvalue weighted by atomic mass is 32.2. The Morgan fingerprint density at radius 2 is 2.13 bits per heavy atom. The predicted octanol–water partition coefficient (Wildman–Crippen LogP) is 3.39. The Morgan fingerprint density at radius 3 is 2.70 bits per heavy atom. The van der Waals surface area contributed by atoms with Crippen molar-refractivity contribution in [3.05, 3.63) is 39.9 Å². The number of esters is 1. The standard InChI is InChI=1S/C16H17NO5S/c1-4-12(18)17-15-13(16(20)21-5-2)14(19)11(23-15)8-10-7-6-9(3)22-10/h6-8,19H,4-5H2,1-3H3/b11-8-,17-15?. The number of ether oxygens (including phenoxy) is 1. The summed E-state index contributed by atoms with van der Waals surface area (Å²) in [6.07, 6.45) is 1.79. The number of carbonyl (C=O) groups excluding carboxylic acids is 2. The number of aliphatic imine (C=N–C) groups is 1. The van der Waals surface area contributed by atoms with Crippen molar-refractivity contribution in [2.75, 3.05) is 6.61 Å². The first-order chi connectivity index (χ1) is 11.0. The van der Waals surface area contributed by atoms with Gasteiger partial charge in [0.1, 0.15) is 27.9 Å². The van der Waals surface area contributed by atoms with Crippen LogP contribution in [0.5, 0.6) is 0 Å². The Hall–Kier alpha value is -2.28. The number of aryl methyl sites for hydroxylation is 1. The van der Waals surface area contributed by atoms with Crippen LogP contribution in [0.3, 0.4) is 0 Å². The Labute approximate surface area is 137 Å². The normalized spacial score (nSPS) is 18.0. The minimum absolute atomic E-state index is 0.0896. The molecule has 1 aromatic rings. The first kappa shape index (κ1) is 17.1. The van der Waals surface area contributed by atoms with Gasteiger partial charge in [-0.05, 0) is 32.1 Å². The van der Waals surface area contributed by atoms with Gasteiger partial charge in [0.2, 0.25) is 5.91 Å².